The molecule has 0 bridgehead atoms. The fourth-order valence-corrected chi connectivity index (χ4v) is 2.13. The summed E-state index contributed by atoms with van der Waals surface area (Å²) in [6.07, 6.45) is 3.83. The van der Waals surface area contributed by atoms with Crippen molar-refractivity contribution in [3.05, 3.63) is 18.2 Å². The number of hydrogen-bond donors (Lipinski definition) is 0. The number of rotatable bonds is 3. The lowest BCUT2D eigenvalue weighted by molar-refractivity contribution is 0.171. The van der Waals surface area contributed by atoms with Gasteiger partial charge in [0.05, 0.1) is 7.11 Å². The average Bonchev–Trinajstić information content (AvgIpc) is 2.28. The highest BCUT2D eigenvalue weighted by atomic mass is 32.2. The summed E-state index contributed by atoms with van der Waals surface area (Å²) in [6.45, 7) is 0. The predicted octanol–water partition coefficient (Wildman–Crippen LogP) is 1.99. The molecule has 0 aromatic heterocycles. The van der Waals surface area contributed by atoms with Crippen LogP contribution in [0.15, 0.2) is 23.1 Å². The Hall–Kier alpha value is -1.36. The molecule has 0 atom stereocenters. The first-order valence-electron chi connectivity index (χ1n) is 5.10. The fraction of sp³-hybridized carbons (Fsp3) is 0.417. The molecule has 4 nitrogen and oxygen atoms in total. The second-order valence-electron chi connectivity index (χ2n) is 3.89. The van der Waals surface area contributed by atoms with Crippen LogP contribution in [0.4, 0.5) is 4.79 Å². The minimum atomic E-state index is -0.396. The number of hydrogen-bond acceptors (Lipinski definition) is 3. The van der Waals surface area contributed by atoms with Crippen LogP contribution in [0.25, 0.3) is 0 Å². The smallest absolute Gasteiger partial charge is 0.414 e. The average molecular weight is 256 g/mol. The lowest BCUT2D eigenvalue weighted by atomic mass is 10.3. The van der Waals surface area contributed by atoms with Gasteiger partial charge in [-0.05, 0) is 6.07 Å². The molecule has 1 amide bonds. The zero-order chi connectivity index (χ0) is 13.0. The summed E-state index contributed by atoms with van der Waals surface area (Å²) in [5.74, 6) is 1.25. The predicted molar refractivity (Wildman–Crippen MR) is 70.2 cm³/mol. The number of benzene rings is 1. The molecule has 0 aliphatic rings. The van der Waals surface area contributed by atoms with Crippen LogP contribution in [0.1, 0.15) is 0 Å². The molecule has 0 aliphatic heterocycles. The van der Waals surface area contributed by atoms with Gasteiger partial charge in [0.15, 0.2) is 10.6 Å². The summed E-state index contributed by atoms with van der Waals surface area (Å²) >= 11 is 0. The van der Waals surface area contributed by atoms with E-state index in [-0.39, 0.29) is 10.9 Å². The van der Waals surface area contributed by atoms with E-state index in [2.05, 4.69) is 12.5 Å². The highest BCUT2D eigenvalue weighted by molar-refractivity contribution is 7.95. The van der Waals surface area contributed by atoms with Crippen molar-refractivity contribution in [3.8, 4) is 11.5 Å². The van der Waals surface area contributed by atoms with Crippen molar-refractivity contribution >= 4 is 17.0 Å². The largest absolute Gasteiger partial charge is 0.491 e. The van der Waals surface area contributed by atoms with Gasteiger partial charge < -0.3 is 14.4 Å². The number of nitrogens with zero attached hydrogens (tertiary/aromatic N) is 1. The molecule has 0 heterocycles. The van der Waals surface area contributed by atoms with E-state index >= 15 is 0 Å². The SMILES string of the molecule is COc1cc(OC(=O)N(C)C)ccc1[S+](C)C. The highest BCUT2D eigenvalue weighted by Crippen LogP contribution is 2.28. The maximum Gasteiger partial charge on any atom is 0.414 e. The highest BCUT2D eigenvalue weighted by Gasteiger charge is 2.17. The zero-order valence-corrected chi connectivity index (χ0v) is 11.6. The van der Waals surface area contributed by atoms with Crippen LogP contribution in [0, 0.1) is 0 Å². The molecule has 1 aromatic rings. The van der Waals surface area contributed by atoms with E-state index < -0.39 is 6.09 Å². The Kier molecular flexibility index (Phi) is 4.69. The summed E-state index contributed by atoms with van der Waals surface area (Å²) in [4.78, 5) is 13.9. The van der Waals surface area contributed by atoms with Gasteiger partial charge in [-0.3, -0.25) is 0 Å². The van der Waals surface area contributed by atoms with Crippen molar-refractivity contribution in [3.63, 3.8) is 0 Å². The van der Waals surface area contributed by atoms with Gasteiger partial charge in [-0.15, -0.1) is 0 Å². The number of carbonyl (C=O) groups is 1. The number of amides is 1. The van der Waals surface area contributed by atoms with Gasteiger partial charge in [-0.25, -0.2) is 4.79 Å². The third-order valence-electron chi connectivity index (χ3n) is 2.15. The molecule has 1 aromatic carbocycles. The van der Waals surface area contributed by atoms with Crippen molar-refractivity contribution in [2.75, 3.05) is 33.7 Å². The minimum Gasteiger partial charge on any atom is -0.491 e. The van der Waals surface area contributed by atoms with Crippen LogP contribution in [0.2, 0.25) is 0 Å². The fourth-order valence-electron chi connectivity index (χ4n) is 1.24. The van der Waals surface area contributed by atoms with E-state index in [1.54, 1.807) is 33.3 Å². The van der Waals surface area contributed by atoms with Gasteiger partial charge >= 0.3 is 6.09 Å². The summed E-state index contributed by atoms with van der Waals surface area (Å²) in [6, 6.07) is 5.45. The molecule has 5 heteroatoms. The normalized spacial score (nSPS) is 10.2. The van der Waals surface area contributed by atoms with E-state index in [0.717, 1.165) is 10.6 Å². The molecule has 0 radical (unpaired) electrons. The second-order valence-corrected chi connectivity index (χ2v) is 5.96. The molecule has 17 heavy (non-hydrogen) atoms. The van der Waals surface area contributed by atoms with Gasteiger partial charge in [0.1, 0.15) is 18.3 Å². The van der Waals surface area contributed by atoms with Crippen molar-refractivity contribution in [1.29, 1.82) is 0 Å². The van der Waals surface area contributed by atoms with E-state index in [1.165, 1.54) is 4.90 Å². The maximum atomic E-state index is 11.4. The van der Waals surface area contributed by atoms with Crippen LogP contribution in [-0.4, -0.2) is 44.7 Å². The molecule has 0 N–H and O–H groups in total. The van der Waals surface area contributed by atoms with E-state index in [9.17, 15) is 4.79 Å². The lowest BCUT2D eigenvalue weighted by Crippen LogP contribution is -2.25. The molecule has 94 valence electrons. The van der Waals surface area contributed by atoms with Crippen LogP contribution in [-0.2, 0) is 10.9 Å². The van der Waals surface area contributed by atoms with Gasteiger partial charge in [0.2, 0.25) is 0 Å². The Morgan fingerprint density at radius 2 is 1.94 bits per heavy atom. The number of carbonyl (C=O) groups excluding carboxylic acids is 1. The Morgan fingerprint density at radius 3 is 2.41 bits per heavy atom. The van der Waals surface area contributed by atoms with Crippen LogP contribution < -0.4 is 9.47 Å². The molecule has 0 aliphatic carbocycles. The van der Waals surface area contributed by atoms with Crippen molar-refractivity contribution in [2.24, 2.45) is 0 Å². The molecule has 0 unspecified atom stereocenters. The van der Waals surface area contributed by atoms with Crippen molar-refractivity contribution in [2.45, 2.75) is 4.90 Å². The maximum absolute atomic E-state index is 11.4. The Labute approximate surface area is 105 Å². The van der Waals surface area contributed by atoms with Gasteiger partial charge in [-0.2, -0.15) is 0 Å². The first-order chi connectivity index (χ1) is 7.95. The van der Waals surface area contributed by atoms with Crippen LogP contribution >= 0.6 is 0 Å². The minimum absolute atomic E-state index is 0.104. The van der Waals surface area contributed by atoms with Gasteiger partial charge in [0.25, 0.3) is 0 Å². The quantitative estimate of drug-likeness (QED) is 0.776. The number of methoxy groups -OCH3 is 1. The Morgan fingerprint density at radius 1 is 1.29 bits per heavy atom. The second kappa shape index (κ2) is 5.82. The third kappa shape index (κ3) is 3.56. The van der Waals surface area contributed by atoms with E-state index in [4.69, 9.17) is 9.47 Å². The third-order valence-corrected chi connectivity index (χ3v) is 3.36. The van der Waals surface area contributed by atoms with Gasteiger partial charge in [0, 0.05) is 37.1 Å². The molecule has 0 saturated carbocycles. The van der Waals surface area contributed by atoms with Crippen molar-refractivity contribution < 1.29 is 14.3 Å². The topological polar surface area (TPSA) is 38.8 Å². The Bertz CT molecular complexity index is 405. The molecular weight excluding hydrogens is 238 g/mol. The standard InChI is InChI=1S/C12H18NO3S/c1-13(2)12(14)16-9-6-7-11(17(4)5)10(8-9)15-3/h6-8H,1-5H3/q+1. The van der Waals surface area contributed by atoms with Gasteiger partial charge in [-0.1, -0.05) is 0 Å². The van der Waals surface area contributed by atoms with E-state index in [0.29, 0.717) is 5.75 Å². The summed E-state index contributed by atoms with van der Waals surface area (Å²) in [5, 5.41) is 0. The monoisotopic (exact) mass is 256 g/mol. The zero-order valence-electron chi connectivity index (χ0n) is 10.8. The summed E-state index contributed by atoms with van der Waals surface area (Å²) in [5.41, 5.74) is 0. The first kappa shape index (κ1) is 13.7. The molecule has 0 spiro atoms. The summed E-state index contributed by atoms with van der Waals surface area (Å²) < 4.78 is 10.5. The van der Waals surface area contributed by atoms with E-state index in [1.807, 2.05) is 6.07 Å². The number of ether oxygens (including phenoxy) is 2. The Balaban J connectivity index is 2.94. The molecule has 1 rings (SSSR count). The molecule has 0 saturated heterocycles. The van der Waals surface area contributed by atoms with Crippen molar-refractivity contribution in [1.82, 2.24) is 4.90 Å². The first-order valence-corrected chi connectivity index (χ1v) is 7.14. The summed E-state index contributed by atoms with van der Waals surface area (Å²) in [7, 11) is 5.00. The lowest BCUT2D eigenvalue weighted by Gasteiger charge is -2.12. The molecular formula is C12H18NO3S+. The molecule has 0 fully saturated rings. The van der Waals surface area contributed by atoms with Crippen LogP contribution in [0.3, 0.4) is 0 Å². The van der Waals surface area contributed by atoms with Crippen LogP contribution in [0.5, 0.6) is 11.5 Å².